The number of carbonyl (C=O) groups is 1. The maximum atomic E-state index is 13.2. The van der Waals surface area contributed by atoms with E-state index in [-0.39, 0.29) is 19.0 Å². The maximum Gasteiger partial charge on any atom is 0.334 e. The molecule has 0 radical (unpaired) electrons. The lowest BCUT2D eigenvalue weighted by atomic mass is 10.0. The van der Waals surface area contributed by atoms with Crippen LogP contribution in [0.25, 0.3) is 33.7 Å². The second kappa shape index (κ2) is 8.84. The van der Waals surface area contributed by atoms with Gasteiger partial charge in [-0.2, -0.15) is 4.98 Å². The fraction of sp³-hybridized carbons (Fsp3) is 0.160. The standard InChI is InChI=1S/C25H20FN3O4/c26-20-9-7-17(8-10-20)16-3-5-18(6-4-16)22-23(19-2-1-11-27-14-19)33-25(28-22)29-12-13-32-21(15-29)24(30)31/h1-11,14,21H,12-13,15H2,(H,30,31). The number of carboxylic acids is 1. The first-order chi connectivity index (χ1) is 16.1. The van der Waals surface area contributed by atoms with E-state index in [1.807, 2.05) is 36.4 Å². The van der Waals surface area contributed by atoms with Crippen molar-refractivity contribution in [2.45, 2.75) is 6.10 Å². The molecule has 166 valence electrons. The molecule has 4 aromatic rings. The van der Waals surface area contributed by atoms with E-state index >= 15 is 0 Å². The molecule has 0 spiro atoms. The summed E-state index contributed by atoms with van der Waals surface area (Å²) in [6, 6.07) is 18.1. The molecule has 33 heavy (non-hydrogen) atoms. The molecule has 7 nitrogen and oxygen atoms in total. The fourth-order valence-electron chi connectivity index (χ4n) is 3.77. The van der Waals surface area contributed by atoms with Gasteiger partial charge in [-0.25, -0.2) is 9.18 Å². The van der Waals surface area contributed by atoms with Crippen molar-refractivity contribution < 1.29 is 23.4 Å². The first-order valence-electron chi connectivity index (χ1n) is 10.5. The van der Waals surface area contributed by atoms with E-state index in [0.717, 1.165) is 22.3 Å². The minimum absolute atomic E-state index is 0.144. The van der Waals surface area contributed by atoms with Gasteiger partial charge in [0.15, 0.2) is 11.9 Å². The highest BCUT2D eigenvalue weighted by molar-refractivity contribution is 5.79. The summed E-state index contributed by atoms with van der Waals surface area (Å²) in [4.78, 5) is 22.1. The Hall–Kier alpha value is -4.04. The molecule has 1 atom stereocenters. The number of anilines is 1. The Morgan fingerprint density at radius 2 is 1.70 bits per heavy atom. The average Bonchev–Trinajstić information content (AvgIpc) is 3.31. The van der Waals surface area contributed by atoms with Crippen LogP contribution in [0, 0.1) is 5.82 Å². The Morgan fingerprint density at radius 1 is 1.00 bits per heavy atom. The molecule has 1 saturated heterocycles. The molecule has 1 unspecified atom stereocenters. The summed E-state index contributed by atoms with van der Waals surface area (Å²) < 4.78 is 24.7. The Labute approximate surface area is 189 Å². The summed E-state index contributed by atoms with van der Waals surface area (Å²) in [6.45, 7) is 0.883. The van der Waals surface area contributed by atoms with E-state index in [1.54, 1.807) is 29.4 Å². The number of rotatable bonds is 5. The third kappa shape index (κ3) is 4.33. The summed E-state index contributed by atoms with van der Waals surface area (Å²) in [5.74, 6) is -0.749. The Morgan fingerprint density at radius 3 is 2.36 bits per heavy atom. The number of oxazole rings is 1. The minimum Gasteiger partial charge on any atom is -0.479 e. The van der Waals surface area contributed by atoms with Gasteiger partial charge in [0.25, 0.3) is 6.01 Å². The quantitative estimate of drug-likeness (QED) is 0.484. The smallest absolute Gasteiger partial charge is 0.334 e. The Kier molecular flexibility index (Phi) is 5.58. The Bertz CT molecular complexity index is 1260. The van der Waals surface area contributed by atoms with E-state index in [0.29, 0.717) is 24.0 Å². The predicted molar refractivity (Wildman–Crippen MR) is 120 cm³/mol. The summed E-state index contributed by atoms with van der Waals surface area (Å²) in [5, 5.41) is 9.32. The van der Waals surface area contributed by atoms with Gasteiger partial charge in [0.2, 0.25) is 0 Å². The molecule has 0 amide bonds. The van der Waals surface area contributed by atoms with Gasteiger partial charge in [-0.1, -0.05) is 36.4 Å². The van der Waals surface area contributed by atoms with Crippen LogP contribution < -0.4 is 4.90 Å². The van der Waals surface area contributed by atoms with Gasteiger partial charge >= 0.3 is 5.97 Å². The lowest BCUT2D eigenvalue weighted by Crippen LogP contribution is -2.46. The zero-order valence-electron chi connectivity index (χ0n) is 17.5. The number of hydrogen-bond acceptors (Lipinski definition) is 6. The van der Waals surface area contributed by atoms with Crippen molar-refractivity contribution in [3.63, 3.8) is 0 Å². The molecule has 1 N–H and O–H groups in total. The summed E-state index contributed by atoms with van der Waals surface area (Å²) in [5.41, 5.74) is 4.07. The number of aromatic nitrogens is 2. The highest BCUT2D eigenvalue weighted by atomic mass is 19.1. The van der Waals surface area contributed by atoms with Crippen LogP contribution in [0.4, 0.5) is 10.4 Å². The van der Waals surface area contributed by atoms with Gasteiger partial charge < -0.3 is 19.2 Å². The molecule has 1 aliphatic rings. The molecule has 1 aliphatic heterocycles. The van der Waals surface area contributed by atoms with Gasteiger partial charge in [-0.05, 0) is 35.4 Å². The first kappa shape index (κ1) is 20.8. The van der Waals surface area contributed by atoms with Crippen molar-refractivity contribution in [1.29, 1.82) is 0 Å². The molecular weight excluding hydrogens is 425 g/mol. The molecule has 0 bridgehead atoms. The number of halogens is 1. The van der Waals surface area contributed by atoms with Crippen molar-refractivity contribution in [3.05, 3.63) is 78.9 Å². The van der Waals surface area contributed by atoms with Crippen molar-refractivity contribution in [1.82, 2.24) is 9.97 Å². The number of ether oxygens (including phenoxy) is 1. The number of benzene rings is 2. The third-order valence-corrected chi connectivity index (χ3v) is 5.49. The van der Waals surface area contributed by atoms with Gasteiger partial charge in [0.05, 0.1) is 13.2 Å². The molecule has 3 heterocycles. The zero-order chi connectivity index (χ0) is 22.8. The number of morpholine rings is 1. The van der Waals surface area contributed by atoms with Crippen LogP contribution in [-0.2, 0) is 9.53 Å². The number of carboxylic acid groups (broad SMARTS) is 1. The molecule has 0 aliphatic carbocycles. The summed E-state index contributed by atoms with van der Waals surface area (Å²) in [6.07, 6.45) is 2.43. The van der Waals surface area contributed by atoms with Crippen LogP contribution in [0.3, 0.4) is 0 Å². The fourth-order valence-corrected chi connectivity index (χ4v) is 3.77. The van der Waals surface area contributed by atoms with Gasteiger partial charge in [0, 0.05) is 30.1 Å². The number of hydrogen-bond donors (Lipinski definition) is 1. The Balaban J connectivity index is 1.52. The lowest BCUT2D eigenvalue weighted by Gasteiger charge is -2.29. The highest BCUT2D eigenvalue weighted by Crippen LogP contribution is 2.36. The van der Waals surface area contributed by atoms with Crippen LogP contribution in [-0.4, -0.2) is 46.8 Å². The lowest BCUT2D eigenvalue weighted by molar-refractivity contribution is -0.150. The number of pyridine rings is 1. The molecule has 2 aromatic carbocycles. The second-order valence-electron chi connectivity index (χ2n) is 7.64. The third-order valence-electron chi connectivity index (χ3n) is 5.49. The van der Waals surface area contributed by atoms with Gasteiger partial charge in [-0.3, -0.25) is 4.98 Å². The van der Waals surface area contributed by atoms with Crippen LogP contribution in [0.15, 0.2) is 77.5 Å². The van der Waals surface area contributed by atoms with E-state index in [1.165, 1.54) is 12.1 Å². The van der Waals surface area contributed by atoms with Gasteiger partial charge in [-0.15, -0.1) is 0 Å². The largest absolute Gasteiger partial charge is 0.479 e. The molecule has 5 rings (SSSR count). The van der Waals surface area contributed by atoms with Crippen LogP contribution in [0.2, 0.25) is 0 Å². The minimum atomic E-state index is -1.02. The SMILES string of the molecule is O=C(O)C1CN(c2nc(-c3ccc(-c4ccc(F)cc4)cc3)c(-c3cccnc3)o2)CCO1. The highest BCUT2D eigenvalue weighted by Gasteiger charge is 2.30. The molecule has 0 saturated carbocycles. The summed E-state index contributed by atoms with van der Waals surface area (Å²) in [7, 11) is 0. The van der Waals surface area contributed by atoms with Crippen LogP contribution >= 0.6 is 0 Å². The topological polar surface area (TPSA) is 88.7 Å². The van der Waals surface area contributed by atoms with Crippen molar-refractivity contribution in [2.75, 3.05) is 24.6 Å². The van der Waals surface area contributed by atoms with E-state index < -0.39 is 12.1 Å². The normalized spacial score (nSPS) is 16.0. The summed E-state index contributed by atoms with van der Waals surface area (Å²) >= 11 is 0. The van der Waals surface area contributed by atoms with Crippen molar-refractivity contribution in [3.8, 4) is 33.7 Å². The maximum absolute atomic E-state index is 13.2. The van der Waals surface area contributed by atoms with E-state index in [4.69, 9.17) is 14.1 Å². The first-order valence-corrected chi connectivity index (χ1v) is 10.5. The number of aliphatic carboxylic acids is 1. The van der Waals surface area contributed by atoms with E-state index in [9.17, 15) is 14.3 Å². The van der Waals surface area contributed by atoms with Crippen molar-refractivity contribution in [2.24, 2.45) is 0 Å². The molecule has 1 fully saturated rings. The molecule has 2 aromatic heterocycles. The van der Waals surface area contributed by atoms with E-state index in [2.05, 4.69) is 4.98 Å². The van der Waals surface area contributed by atoms with Crippen LogP contribution in [0.5, 0.6) is 0 Å². The molecule has 8 heteroatoms. The van der Waals surface area contributed by atoms with Crippen LogP contribution in [0.1, 0.15) is 0 Å². The monoisotopic (exact) mass is 445 g/mol. The number of nitrogens with zero attached hydrogens (tertiary/aromatic N) is 3. The average molecular weight is 445 g/mol. The van der Waals surface area contributed by atoms with Gasteiger partial charge in [0.1, 0.15) is 11.5 Å². The van der Waals surface area contributed by atoms with Crippen molar-refractivity contribution >= 4 is 12.0 Å². The molecular formula is C25H20FN3O4. The zero-order valence-corrected chi connectivity index (χ0v) is 17.5. The predicted octanol–water partition coefficient (Wildman–Crippen LogP) is 4.50. The second-order valence-corrected chi connectivity index (χ2v) is 7.64.